The lowest BCUT2D eigenvalue weighted by molar-refractivity contribution is 0.352. The average molecular weight is 1280 g/mol. The molecule has 3 heterocycles. The summed E-state index contributed by atoms with van der Waals surface area (Å²) in [6.07, 6.45) is 8.86. The molecule has 12 aromatic rings. The first kappa shape index (κ1) is 67.0. The van der Waals surface area contributed by atoms with Crippen LogP contribution in [0, 0.1) is 0 Å². The Morgan fingerprint density at radius 3 is 0.806 bits per heavy atom. The van der Waals surface area contributed by atoms with Crippen LogP contribution in [-0.2, 0) is 27.1 Å². The molecule has 0 saturated heterocycles. The van der Waals surface area contributed by atoms with Gasteiger partial charge in [-0.05, 0) is 230 Å². The highest BCUT2D eigenvalue weighted by molar-refractivity contribution is 5.92. The third kappa shape index (κ3) is 14.2. The van der Waals surface area contributed by atoms with Crippen molar-refractivity contribution in [3.8, 4) is 101 Å². The first-order valence-corrected chi connectivity index (χ1v) is 35.6. The van der Waals surface area contributed by atoms with Crippen molar-refractivity contribution < 1.29 is 0 Å². The highest BCUT2D eigenvalue weighted by atomic mass is 14.7. The Hall–Kier alpha value is -9.57. The fraction of sp³-hybridized carbons (Fsp3) is 0.274. The van der Waals surface area contributed by atoms with Crippen molar-refractivity contribution in [3.63, 3.8) is 0 Å². The average Bonchev–Trinajstić information content (AvgIpc) is 0.754. The third-order valence-corrected chi connectivity index (χ3v) is 20.8. The molecule has 3 aromatic heterocycles. The second kappa shape index (κ2) is 26.7. The molecule has 492 valence electrons. The first-order chi connectivity index (χ1) is 46.7. The fourth-order valence-corrected chi connectivity index (χ4v) is 15.0. The summed E-state index contributed by atoms with van der Waals surface area (Å²) in [6.45, 7) is 34.7. The highest BCUT2D eigenvalue weighted by Gasteiger charge is 2.37. The molecule has 13 rings (SSSR count). The molecule has 0 N–H and O–H groups in total. The van der Waals surface area contributed by atoms with E-state index >= 15 is 0 Å². The van der Waals surface area contributed by atoms with Gasteiger partial charge in [-0.1, -0.05) is 292 Å². The zero-order chi connectivity index (χ0) is 68.9. The Morgan fingerprint density at radius 2 is 0.490 bits per heavy atom. The predicted molar refractivity (Wildman–Crippen MR) is 417 cm³/mol. The van der Waals surface area contributed by atoms with Gasteiger partial charge in [0.1, 0.15) is 0 Å². The molecular weight excluding hydrogens is 1180 g/mol. The van der Waals surface area contributed by atoms with Crippen molar-refractivity contribution in [3.05, 3.63) is 306 Å². The number of nitrogens with zero attached hydrogens (tertiary/aromatic N) is 3. The SMILES string of the molecule is CC(C)(C)c1ccnc(-c2ccc(-c3ccccc3C3CC(c4ccc(C(C)(C)C)cc4-c4ccc(-c5cc(C(C)(C)C)ccn5)cc4-c4ccccc4)CC(c4ccc(C(C)(C)C)cc4-c4ccc(-c5cc(C(C)(C)C)ccn5)cc4-c4ccccc4)C3)c(-c3ccccc3)c2)c1. The van der Waals surface area contributed by atoms with E-state index in [0.29, 0.717) is 0 Å². The number of hydrogen-bond acceptors (Lipinski definition) is 3. The van der Waals surface area contributed by atoms with Gasteiger partial charge in [0.15, 0.2) is 0 Å². The number of benzene rings is 9. The van der Waals surface area contributed by atoms with E-state index in [1.54, 1.807) is 0 Å². The van der Waals surface area contributed by atoms with Gasteiger partial charge in [-0.15, -0.1) is 0 Å². The lowest BCUT2D eigenvalue weighted by atomic mass is 9.65. The Bertz CT molecular complexity index is 4630. The van der Waals surface area contributed by atoms with Crippen molar-refractivity contribution >= 4 is 0 Å². The van der Waals surface area contributed by atoms with Gasteiger partial charge in [-0.3, -0.25) is 15.0 Å². The van der Waals surface area contributed by atoms with Crippen LogP contribution in [0.2, 0.25) is 0 Å². The smallest absolute Gasteiger partial charge is 0.0705 e. The molecule has 0 spiro atoms. The van der Waals surface area contributed by atoms with Gasteiger partial charge >= 0.3 is 0 Å². The number of aromatic nitrogens is 3. The van der Waals surface area contributed by atoms with Gasteiger partial charge in [0, 0.05) is 35.3 Å². The van der Waals surface area contributed by atoms with Crippen LogP contribution in [0.15, 0.2) is 261 Å². The van der Waals surface area contributed by atoms with Crippen LogP contribution in [0.25, 0.3) is 101 Å². The molecule has 2 atom stereocenters. The second-order valence-corrected chi connectivity index (χ2v) is 32.9. The number of pyridine rings is 3. The molecule has 98 heavy (non-hydrogen) atoms. The lowest BCUT2D eigenvalue weighted by Gasteiger charge is -2.39. The summed E-state index contributed by atoms with van der Waals surface area (Å²) in [6, 6.07) is 92.5. The molecule has 0 radical (unpaired) electrons. The van der Waals surface area contributed by atoms with Crippen LogP contribution in [0.1, 0.15) is 185 Å². The van der Waals surface area contributed by atoms with Crippen LogP contribution in [-0.4, -0.2) is 15.0 Å². The normalized spacial score (nSPS) is 15.5. The Labute approximate surface area is 585 Å². The van der Waals surface area contributed by atoms with E-state index in [0.717, 1.165) is 53.0 Å². The van der Waals surface area contributed by atoms with E-state index in [4.69, 9.17) is 15.0 Å². The van der Waals surface area contributed by atoms with Gasteiger partial charge < -0.3 is 0 Å². The number of hydrogen-bond donors (Lipinski definition) is 0. The van der Waals surface area contributed by atoms with Gasteiger partial charge in [-0.25, -0.2) is 0 Å². The summed E-state index contributed by atoms with van der Waals surface area (Å²) in [7, 11) is 0. The second-order valence-electron chi connectivity index (χ2n) is 32.9. The van der Waals surface area contributed by atoms with Crippen molar-refractivity contribution in [1.82, 2.24) is 15.0 Å². The predicted octanol–water partition coefficient (Wildman–Crippen LogP) is 26.2. The first-order valence-electron chi connectivity index (χ1n) is 35.6. The van der Waals surface area contributed by atoms with Crippen LogP contribution >= 0.6 is 0 Å². The largest absolute Gasteiger partial charge is 0.256 e. The van der Waals surface area contributed by atoms with E-state index in [1.807, 2.05) is 18.6 Å². The summed E-state index contributed by atoms with van der Waals surface area (Å²) < 4.78 is 0. The fourth-order valence-electron chi connectivity index (χ4n) is 15.0. The molecule has 2 unspecified atom stereocenters. The van der Waals surface area contributed by atoms with E-state index in [1.165, 1.54) is 111 Å². The van der Waals surface area contributed by atoms with E-state index in [-0.39, 0.29) is 44.8 Å². The monoisotopic (exact) mass is 1280 g/mol. The summed E-state index contributed by atoms with van der Waals surface area (Å²) in [4.78, 5) is 15.1. The van der Waals surface area contributed by atoms with Crippen LogP contribution in [0.4, 0.5) is 0 Å². The lowest BCUT2D eigenvalue weighted by Crippen LogP contribution is -2.22. The summed E-state index contributed by atoms with van der Waals surface area (Å²) in [5.74, 6) is 0.491. The van der Waals surface area contributed by atoms with Crippen LogP contribution in [0.3, 0.4) is 0 Å². The molecule has 1 fully saturated rings. The molecule has 0 bridgehead atoms. The molecule has 1 aliphatic rings. The summed E-state index contributed by atoms with van der Waals surface area (Å²) in [5, 5.41) is 0. The Morgan fingerprint density at radius 1 is 0.214 bits per heavy atom. The molecule has 1 aliphatic carbocycles. The van der Waals surface area contributed by atoms with Gasteiger partial charge in [-0.2, -0.15) is 0 Å². The summed E-state index contributed by atoms with van der Waals surface area (Å²) in [5.41, 5.74) is 31.5. The zero-order valence-electron chi connectivity index (χ0n) is 60.5. The van der Waals surface area contributed by atoms with Crippen molar-refractivity contribution in [2.45, 2.75) is 168 Å². The Balaban J connectivity index is 1.04. The number of rotatable bonds is 12. The molecule has 3 heteroatoms. The summed E-state index contributed by atoms with van der Waals surface area (Å²) >= 11 is 0. The standard InChI is InChI=1S/C95H97N3/c1-91(2,3)71-38-43-77(86(57-71)81-41-36-66(55-84(81)63-29-21-17-22-30-63)89-60-74(46-49-97-89)94(10,11)12)69-51-68(76-33-25-26-34-79(76)80-40-35-65(54-83(80)62-27-19-16-20-28-62)88-59-73(45-48-96-88)93(7,8)9)52-70(53-69)78-44-39-72(92(4,5)6)58-87(78)82-42-37-67(56-85(82)64-31-23-18-24-32-64)90-61-75(47-50-98-90)95(13,14)15/h16-50,54-61,68-70H,51-53H2,1-15H3. The van der Waals surface area contributed by atoms with E-state index < -0.39 is 0 Å². The minimum Gasteiger partial charge on any atom is -0.256 e. The molecule has 0 aliphatic heterocycles. The van der Waals surface area contributed by atoms with Gasteiger partial charge in [0.2, 0.25) is 0 Å². The maximum Gasteiger partial charge on any atom is 0.0705 e. The third-order valence-electron chi connectivity index (χ3n) is 20.8. The quantitative estimate of drug-likeness (QED) is 0.122. The molecule has 9 aromatic carbocycles. The van der Waals surface area contributed by atoms with Crippen molar-refractivity contribution in [1.29, 1.82) is 0 Å². The van der Waals surface area contributed by atoms with E-state index in [9.17, 15) is 0 Å². The van der Waals surface area contributed by atoms with Crippen LogP contribution < -0.4 is 0 Å². The maximum absolute atomic E-state index is 5.05. The topological polar surface area (TPSA) is 38.7 Å². The molecular formula is C95H97N3. The Kier molecular flexibility index (Phi) is 18.3. The molecule has 1 saturated carbocycles. The van der Waals surface area contributed by atoms with Gasteiger partial charge in [0.25, 0.3) is 0 Å². The molecule has 0 amide bonds. The van der Waals surface area contributed by atoms with E-state index in [2.05, 4.69) is 347 Å². The van der Waals surface area contributed by atoms with Crippen molar-refractivity contribution in [2.75, 3.05) is 0 Å². The zero-order valence-corrected chi connectivity index (χ0v) is 60.5. The highest BCUT2D eigenvalue weighted by Crippen LogP contribution is 2.55. The minimum absolute atomic E-state index is 0.0172. The van der Waals surface area contributed by atoms with Gasteiger partial charge in [0.05, 0.1) is 17.1 Å². The van der Waals surface area contributed by atoms with Crippen molar-refractivity contribution in [2.24, 2.45) is 0 Å². The minimum atomic E-state index is -0.105. The van der Waals surface area contributed by atoms with Crippen LogP contribution in [0.5, 0.6) is 0 Å². The molecule has 3 nitrogen and oxygen atoms in total. The maximum atomic E-state index is 5.05.